The molecule has 0 amide bonds. The summed E-state index contributed by atoms with van der Waals surface area (Å²) in [6.07, 6.45) is 2.23. The van der Waals surface area contributed by atoms with E-state index >= 15 is 0 Å². The summed E-state index contributed by atoms with van der Waals surface area (Å²) in [7, 11) is 0. The van der Waals surface area contributed by atoms with Gasteiger partial charge in [0.05, 0.1) is 0 Å². The van der Waals surface area contributed by atoms with Crippen molar-refractivity contribution in [2.45, 2.75) is 17.7 Å². The fraction of sp³-hybridized carbons (Fsp3) is 0.600. The highest BCUT2D eigenvalue weighted by atomic mass is 35.5. The number of rotatable bonds is 2. The molecule has 0 spiro atoms. The van der Waals surface area contributed by atoms with Gasteiger partial charge in [0.15, 0.2) is 0 Å². The van der Waals surface area contributed by atoms with Gasteiger partial charge in [-0.15, -0.1) is 6.58 Å². The zero-order valence-corrected chi connectivity index (χ0v) is 5.76. The predicted molar refractivity (Wildman–Crippen MR) is 34.9 cm³/mol. The van der Waals surface area contributed by atoms with Gasteiger partial charge in [0.25, 0.3) is 0 Å². The van der Waals surface area contributed by atoms with E-state index in [1.54, 1.807) is 0 Å². The third kappa shape index (κ3) is 2.95. The number of hydrogen-bond acceptors (Lipinski definition) is 0. The predicted octanol–water partition coefficient (Wildman–Crippen LogP) is 2.76. The minimum Gasteiger partial charge on any atom is -0.100 e. The average molecular weight is 139 g/mol. The van der Waals surface area contributed by atoms with Crippen molar-refractivity contribution >= 4 is 23.2 Å². The third-order valence-corrected chi connectivity index (χ3v) is 1.61. The van der Waals surface area contributed by atoms with Crippen molar-refractivity contribution in [1.29, 1.82) is 0 Å². The molecule has 7 heavy (non-hydrogen) atoms. The third-order valence-electron chi connectivity index (χ3n) is 0.770. The van der Waals surface area contributed by atoms with Crippen LogP contribution in [0.4, 0.5) is 0 Å². The zero-order chi connectivity index (χ0) is 5.91. The van der Waals surface area contributed by atoms with Gasteiger partial charge >= 0.3 is 0 Å². The molecule has 0 N–H and O–H groups in total. The minimum absolute atomic E-state index is 0.708. The molecule has 0 aliphatic carbocycles. The number of hydrogen-bond donors (Lipinski definition) is 0. The van der Waals surface area contributed by atoms with Crippen molar-refractivity contribution in [2.75, 3.05) is 0 Å². The number of allylic oxidation sites excluding steroid dienone is 1. The highest BCUT2D eigenvalue weighted by Crippen LogP contribution is 2.24. The second-order valence-electron chi connectivity index (χ2n) is 1.32. The number of halogens is 2. The molecule has 0 aromatic rings. The van der Waals surface area contributed by atoms with Gasteiger partial charge in [0.2, 0.25) is 0 Å². The van der Waals surface area contributed by atoms with Crippen molar-refractivity contribution in [2.24, 2.45) is 0 Å². The molecule has 0 heterocycles. The molecule has 0 aliphatic rings. The highest BCUT2D eigenvalue weighted by molar-refractivity contribution is 6.49. The Morgan fingerprint density at radius 3 is 2.14 bits per heavy atom. The fourth-order valence-corrected chi connectivity index (χ4v) is 0.144. The Labute approximate surface area is 54.1 Å². The summed E-state index contributed by atoms with van der Waals surface area (Å²) in [5, 5.41) is 0. The van der Waals surface area contributed by atoms with Crippen LogP contribution in [0.5, 0.6) is 0 Å². The van der Waals surface area contributed by atoms with E-state index in [1.807, 2.05) is 6.92 Å². The van der Waals surface area contributed by atoms with Gasteiger partial charge < -0.3 is 0 Å². The molecule has 0 unspecified atom stereocenters. The van der Waals surface area contributed by atoms with Crippen LogP contribution in [0.1, 0.15) is 13.3 Å². The average Bonchev–Trinajstić information content (AvgIpc) is 1.68. The lowest BCUT2D eigenvalue weighted by atomic mass is 10.3. The zero-order valence-electron chi connectivity index (χ0n) is 4.25. The molecular formula is C5H8Cl2. The van der Waals surface area contributed by atoms with Crippen molar-refractivity contribution in [1.82, 2.24) is 0 Å². The minimum atomic E-state index is -0.708. The summed E-state index contributed by atoms with van der Waals surface area (Å²) in [5.74, 6) is 0. The molecule has 0 nitrogen and oxygen atoms in total. The van der Waals surface area contributed by atoms with Crippen LogP contribution in [0, 0.1) is 0 Å². The Hall–Kier alpha value is 0.320. The summed E-state index contributed by atoms with van der Waals surface area (Å²) in [6, 6.07) is 0. The maximum atomic E-state index is 5.55. The van der Waals surface area contributed by atoms with Crippen molar-refractivity contribution in [3.63, 3.8) is 0 Å². The monoisotopic (exact) mass is 138 g/mol. The van der Waals surface area contributed by atoms with Crippen LogP contribution in [0.3, 0.4) is 0 Å². The van der Waals surface area contributed by atoms with Crippen LogP contribution in [0.2, 0.25) is 0 Å². The first-order valence-electron chi connectivity index (χ1n) is 2.14. The van der Waals surface area contributed by atoms with E-state index in [0.717, 1.165) is 0 Å². The normalized spacial score (nSPS) is 11.3. The lowest BCUT2D eigenvalue weighted by Gasteiger charge is -2.08. The maximum absolute atomic E-state index is 5.55. The Kier molecular flexibility index (Phi) is 2.70. The van der Waals surface area contributed by atoms with E-state index in [2.05, 4.69) is 6.58 Å². The Morgan fingerprint density at radius 1 is 1.71 bits per heavy atom. The molecule has 0 fully saturated rings. The van der Waals surface area contributed by atoms with Gasteiger partial charge in [0, 0.05) is 0 Å². The Balaban J connectivity index is 3.58. The maximum Gasteiger partial charge on any atom is 0.135 e. The molecule has 2 heteroatoms. The van der Waals surface area contributed by atoms with E-state index in [9.17, 15) is 0 Å². The molecule has 0 aromatic carbocycles. The molecule has 0 aromatic heterocycles. The largest absolute Gasteiger partial charge is 0.135 e. The smallest absolute Gasteiger partial charge is 0.100 e. The topological polar surface area (TPSA) is 0 Å². The lowest BCUT2D eigenvalue weighted by Crippen LogP contribution is -2.03. The van der Waals surface area contributed by atoms with Crippen molar-refractivity contribution < 1.29 is 0 Å². The molecule has 42 valence electrons. The summed E-state index contributed by atoms with van der Waals surface area (Å²) in [4.78, 5) is 0. The molecule has 0 aliphatic heterocycles. The first kappa shape index (κ1) is 7.32. The van der Waals surface area contributed by atoms with E-state index in [0.29, 0.717) is 6.42 Å². The molecule has 0 atom stereocenters. The van der Waals surface area contributed by atoms with E-state index in [4.69, 9.17) is 23.2 Å². The van der Waals surface area contributed by atoms with E-state index in [-0.39, 0.29) is 0 Å². The van der Waals surface area contributed by atoms with Crippen LogP contribution in [0.25, 0.3) is 0 Å². The van der Waals surface area contributed by atoms with Gasteiger partial charge in [-0.25, -0.2) is 0 Å². The van der Waals surface area contributed by atoms with Gasteiger partial charge in [-0.05, 0) is 6.42 Å². The standard InChI is InChI=1S/C5H8Cl2/c1-3-5(6,7)4-2/h3H,1,4H2,2H3. The van der Waals surface area contributed by atoms with E-state index in [1.165, 1.54) is 6.08 Å². The van der Waals surface area contributed by atoms with E-state index < -0.39 is 4.33 Å². The first-order chi connectivity index (χ1) is 3.12. The molecule has 0 saturated heterocycles. The van der Waals surface area contributed by atoms with Gasteiger partial charge in [-0.2, -0.15) is 0 Å². The first-order valence-corrected chi connectivity index (χ1v) is 2.89. The second kappa shape index (κ2) is 2.58. The van der Waals surface area contributed by atoms with Gasteiger partial charge in [0.1, 0.15) is 4.33 Å². The second-order valence-corrected chi connectivity index (χ2v) is 2.86. The molecule has 0 radical (unpaired) electrons. The Bertz CT molecular complexity index is 66.5. The summed E-state index contributed by atoms with van der Waals surface area (Å²) in [6.45, 7) is 5.34. The van der Waals surface area contributed by atoms with Gasteiger partial charge in [-0.3, -0.25) is 0 Å². The quantitative estimate of drug-likeness (QED) is 0.407. The van der Waals surface area contributed by atoms with Crippen LogP contribution in [-0.4, -0.2) is 4.33 Å². The van der Waals surface area contributed by atoms with Crippen molar-refractivity contribution in [3.05, 3.63) is 12.7 Å². The SMILES string of the molecule is C=CC(Cl)(Cl)CC. The lowest BCUT2D eigenvalue weighted by molar-refractivity contribution is 0.898. The van der Waals surface area contributed by atoms with Crippen LogP contribution < -0.4 is 0 Å². The summed E-state index contributed by atoms with van der Waals surface area (Å²) >= 11 is 11.1. The number of alkyl halides is 2. The molecule has 0 rings (SSSR count). The van der Waals surface area contributed by atoms with Crippen LogP contribution >= 0.6 is 23.2 Å². The summed E-state index contributed by atoms with van der Waals surface area (Å²) < 4.78 is -0.708. The molecule has 0 saturated carbocycles. The summed E-state index contributed by atoms with van der Waals surface area (Å²) in [5.41, 5.74) is 0. The van der Waals surface area contributed by atoms with Gasteiger partial charge in [-0.1, -0.05) is 36.2 Å². The van der Waals surface area contributed by atoms with Crippen LogP contribution in [0.15, 0.2) is 12.7 Å². The molecular weight excluding hydrogens is 131 g/mol. The molecule has 0 bridgehead atoms. The van der Waals surface area contributed by atoms with Crippen molar-refractivity contribution in [3.8, 4) is 0 Å². The van der Waals surface area contributed by atoms with Crippen LogP contribution in [-0.2, 0) is 0 Å². The highest BCUT2D eigenvalue weighted by Gasteiger charge is 2.13. The fourth-order valence-electron chi connectivity index (χ4n) is 0.144. The Morgan fingerprint density at radius 2 is 2.14 bits per heavy atom.